The third kappa shape index (κ3) is 3.59. The summed E-state index contributed by atoms with van der Waals surface area (Å²) in [6.45, 7) is 10.5. The summed E-state index contributed by atoms with van der Waals surface area (Å²) in [6.07, 6.45) is 0.351. The second-order valence-electron chi connectivity index (χ2n) is 8.34. The van der Waals surface area contributed by atoms with Gasteiger partial charge in [0.05, 0.1) is 6.54 Å². The summed E-state index contributed by atoms with van der Waals surface area (Å²) in [5.74, 6) is 0.559. The van der Waals surface area contributed by atoms with Crippen molar-refractivity contribution in [2.24, 2.45) is 4.99 Å². The first-order valence-corrected chi connectivity index (χ1v) is 10.9. The van der Waals surface area contributed by atoms with Crippen LogP contribution in [-0.4, -0.2) is 76.5 Å². The van der Waals surface area contributed by atoms with Crippen LogP contribution in [0.5, 0.6) is 0 Å². The summed E-state index contributed by atoms with van der Waals surface area (Å²) in [5, 5.41) is 0. The van der Waals surface area contributed by atoms with E-state index in [1.807, 2.05) is 49.9 Å². The molecule has 1 fully saturated rings. The predicted octanol–water partition coefficient (Wildman–Crippen LogP) is 2.75. The van der Waals surface area contributed by atoms with Gasteiger partial charge in [0.2, 0.25) is 5.96 Å². The Hall–Kier alpha value is -2.87. The first-order chi connectivity index (χ1) is 14.8. The van der Waals surface area contributed by atoms with Crippen molar-refractivity contribution in [3.05, 3.63) is 46.8 Å². The lowest BCUT2D eigenvalue weighted by atomic mass is 10.1. The standard InChI is InChI=1S/C23H31N5O3/c1-6-31-12-8-11-26-16(3)17(4)28-19-20(24-22(26)28)25(5)23(30)27(21(19)29)14-18-10-7-9-15(2)13-18/h7,9-10,13,19-20H,6,8,11-12,14H2,1-5H3. The van der Waals surface area contributed by atoms with Gasteiger partial charge in [0, 0.05) is 38.2 Å². The molecule has 3 aliphatic heterocycles. The van der Waals surface area contributed by atoms with E-state index in [0.717, 1.165) is 41.4 Å². The minimum atomic E-state index is -0.533. The molecule has 0 aromatic heterocycles. The fourth-order valence-electron chi connectivity index (χ4n) is 4.56. The molecule has 1 saturated heterocycles. The van der Waals surface area contributed by atoms with Crippen LogP contribution in [0.3, 0.4) is 0 Å². The van der Waals surface area contributed by atoms with Gasteiger partial charge in [-0.25, -0.2) is 9.79 Å². The normalized spacial score (nSPS) is 23.1. The van der Waals surface area contributed by atoms with Crippen LogP contribution in [0.1, 0.15) is 38.3 Å². The van der Waals surface area contributed by atoms with Crippen LogP contribution in [0.25, 0.3) is 0 Å². The number of hydrogen-bond donors (Lipinski definition) is 0. The number of ether oxygens (including phenoxy) is 1. The van der Waals surface area contributed by atoms with E-state index in [1.54, 1.807) is 11.9 Å². The van der Waals surface area contributed by atoms with E-state index < -0.39 is 12.2 Å². The lowest BCUT2D eigenvalue weighted by molar-refractivity contribution is -0.137. The number of likely N-dealkylation sites (N-methyl/N-ethyl adjacent to an activating group) is 1. The molecule has 31 heavy (non-hydrogen) atoms. The van der Waals surface area contributed by atoms with Gasteiger partial charge in [-0.05, 0) is 39.7 Å². The molecule has 1 aromatic rings. The summed E-state index contributed by atoms with van der Waals surface area (Å²) in [7, 11) is 1.73. The largest absolute Gasteiger partial charge is 0.382 e. The second-order valence-corrected chi connectivity index (χ2v) is 8.34. The molecule has 0 saturated carbocycles. The average Bonchev–Trinajstić information content (AvgIpc) is 3.24. The van der Waals surface area contributed by atoms with Crippen molar-refractivity contribution < 1.29 is 14.3 Å². The number of urea groups is 1. The summed E-state index contributed by atoms with van der Waals surface area (Å²) >= 11 is 0. The number of allylic oxidation sites excluding steroid dienone is 2. The van der Waals surface area contributed by atoms with Gasteiger partial charge in [0.1, 0.15) is 0 Å². The molecular formula is C23H31N5O3. The second kappa shape index (κ2) is 8.34. The number of imide groups is 1. The molecule has 3 amide bonds. The summed E-state index contributed by atoms with van der Waals surface area (Å²) < 4.78 is 5.48. The van der Waals surface area contributed by atoms with Crippen molar-refractivity contribution in [1.82, 2.24) is 19.6 Å². The zero-order valence-corrected chi connectivity index (χ0v) is 19.0. The summed E-state index contributed by atoms with van der Waals surface area (Å²) in [5.41, 5.74) is 4.14. The van der Waals surface area contributed by atoms with Crippen LogP contribution < -0.4 is 0 Å². The highest BCUT2D eigenvalue weighted by molar-refractivity contribution is 6.05. The van der Waals surface area contributed by atoms with E-state index in [0.29, 0.717) is 13.2 Å². The number of carbonyl (C=O) groups is 2. The molecule has 8 heteroatoms. The fraction of sp³-hybridized carbons (Fsp3) is 0.522. The van der Waals surface area contributed by atoms with Crippen LogP contribution in [0.2, 0.25) is 0 Å². The van der Waals surface area contributed by atoms with Crippen LogP contribution in [-0.2, 0) is 16.1 Å². The van der Waals surface area contributed by atoms with E-state index >= 15 is 0 Å². The van der Waals surface area contributed by atoms with Gasteiger partial charge in [0.15, 0.2) is 12.2 Å². The first kappa shape index (κ1) is 21.4. The van der Waals surface area contributed by atoms with Gasteiger partial charge in [-0.1, -0.05) is 29.8 Å². The van der Waals surface area contributed by atoms with E-state index in [-0.39, 0.29) is 18.5 Å². The van der Waals surface area contributed by atoms with Gasteiger partial charge in [0.25, 0.3) is 5.91 Å². The minimum absolute atomic E-state index is 0.198. The Morgan fingerprint density at radius 1 is 1.10 bits per heavy atom. The first-order valence-electron chi connectivity index (χ1n) is 10.9. The Kier molecular flexibility index (Phi) is 5.75. The SMILES string of the molecule is CCOCCCN1C2=NC3C(C(=O)N(Cc4cccc(C)c4)C(=O)N3C)N2C(C)=C1C. The van der Waals surface area contributed by atoms with Crippen LogP contribution in [0.4, 0.5) is 4.79 Å². The maximum absolute atomic E-state index is 13.6. The predicted molar refractivity (Wildman–Crippen MR) is 118 cm³/mol. The molecule has 2 unspecified atom stereocenters. The number of aryl methyl sites for hydroxylation is 1. The average molecular weight is 426 g/mol. The van der Waals surface area contributed by atoms with Crippen molar-refractivity contribution in [3.8, 4) is 0 Å². The van der Waals surface area contributed by atoms with E-state index in [2.05, 4.69) is 11.8 Å². The van der Waals surface area contributed by atoms with Crippen molar-refractivity contribution in [2.75, 3.05) is 26.8 Å². The molecular weight excluding hydrogens is 394 g/mol. The van der Waals surface area contributed by atoms with Gasteiger partial charge >= 0.3 is 6.03 Å². The molecule has 0 aliphatic carbocycles. The Balaban J connectivity index is 1.59. The number of benzene rings is 1. The molecule has 3 aliphatic rings. The third-order valence-corrected chi connectivity index (χ3v) is 6.30. The lowest BCUT2D eigenvalue weighted by Gasteiger charge is -2.40. The van der Waals surface area contributed by atoms with Gasteiger partial charge in [-0.15, -0.1) is 0 Å². The molecule has 3 heterocycles. The molecule has 1 aromatic carbocycles. The zero-order chi connectivity index (χ0) is 22.3. The highest BCUT2D eigenvalue weighted by Crippen LogP contribution is 2.38. The number of fused-ring (bicyclic) bond motifs is 3. The van der Waals surface area contributed by atoms with Crippen molar-refractivity contribution in [1.29, 1.82) is 0 Å². The third-order valence-electron chi connectivity index (χ3n) is 6.30. The lowest BCUT2D eigenvalue weighted by Crippen LogP contribution is -2.64. The van der Waals surface area contributed by atoms with E-state index in [1.165, 1.54) is 4.90 Å². The molecule has 166 valence electrons. The highest BCUT2D eigenvalue weighted by atomic mass is 16.5. The van der Waals surface area contributed by atoms with Crippen LogP contribution in [0, 0.1) is 6.92 Å². The van der Waals surface area contributed by atoms with E-state index in [4.69, 9.17) is 9.73 Å². The minimum Gasteiger partial charge on any atom is -0.382 e. The van der Waals surface area contributed by atoms with Gasteiger partial charge in [-0.3, -0.25) is 14.6 Å². The van der Waals surface area contributed by atoms with Crippen molar-refractivity contribution >= 4 is 17.9 Å². The Morgan fingerprint density at radius 3 is 2.58 bits per heavy atom. The molecule has 0 radical (unpaired) electrons. The fourth-order valence-corrected chi connectivity index (χ4v) is 4.56. The van der Waals surface area contributed by atoms with Gasteiger partial charge < -0.3 is 14.5 Å². The van der Waals surface area contributed by atoms with Crippen molar-refractivity contribution in [2.45, 2.75) is 52.9 Å². The summed E-state index contributed by atoms with van der Waals surface area (Å²) in [4.78, 5) is 38.5. The Bertz CT molecular complexity index is 956. The molecule has 0 bridgehead atoms. The number of rotatable bonds is 7. The van der Waals surface area contributed by atoms with Gasteiger partial charge in [-0.2, -0.15) is 0 Å². The highest BCUT2D eigenvalue weighted by Gasteiger charge is 2.55. The van der Waals surface area contributed by atoms with Crippen LogP contribution >= 0.6 is 0 Å². The smallest absolute Gasteiger partial charge is 0.328 e. The number of guanidine groups is 1. The molecule has 8 nitrogen and oxygen atoms in total. The number of nitrogens with zero attached hydrogens (tertiary/aromatic N) is 5. The molecule has 4 rings (SSSR count). The molecule has 0 N–H and O–H groups in total. The quantitative estimate of drug-likeness (QED) is 0.629. The number of amides is 3. The van der Waals surface area contributed by atoms with Crippen LogP contribution in [0.15, 0.2) is 40.7 Å². The topological polar surface area (TPSA) is 68.7 Å². The number of aliphatic imine (C=N–C) groups is 1. The number of hydrogen-bond acceptors (Lipinski definition) is 6. The van der Waals surface area contributed by atoms with E-state index in [9.17, 15) is 9.59 Å². The van der Waals surface area contributed by atoms with Crippen molar-refractivity contribution in [3.63, 3.8) is 0 Å². The Morgan fingerprint density at radius 2 is 1.87 bits per heavy atom. The maximum atomic E-state index is 13.6. The molecule has 0 spiro atoms. The Labute approximate surface area is 183 Å². The molecule has 2 atom stereocenters. The monoisotopic (exact) mass is 425 g/mol. The summed E-state index contributed by atoms with van der Waals surface area (Å²) in [6, 6.07) is 7.07. The maximum Gasteiger partial charge on any atom is 0.328 e. The number of carbonyl (C=O) groups excluding carboxylic acids is 2. The zero-order valence-electron chi connectivity index (χ0n) is 19.0.